The van der Waals surface area contributed by atoms with E-state index in [9.17, 15) is 32.1 Å². The highest BCUT2D eigenvalue weighted by Crippen LogP contribution is 2.42. The Labute approximate surface area is 239 Å². The summed E-state index contributed by atoms with van der Waals surface area (Å²) in [6.45, 7) is 3.15. The van der Waals surface area contributed by atoms with Gasteiger partial charge in [-0.05, 0) is 62.8 Å². The van der Waals surface area contributed by atoms with Crippen molar-refractivity contribution in [2.75, 3.05) is 48.6 Å². The molecule has 0 aliphatic carbocycles. The fourth-order valence-corrected chi connectivity index (χ4v) is 6.84. The zero-order valence-corrected chi connectivity index (χ0v) is 23.7. The summed E-state index contributed by atoms with van der Waals surface area (Å²) in [5, 5.41) is 13.5. The van der Waals surface area contributed by atoms with Crippen LogP contribution in [0.3, 0.4) is 0 Å². The largest absolute Gasteiger partial charge is 0.481 e. The van der Waals surface area contributed by atoms with E-state index in [0.717, 1.165) is 43.9 Å². The number of alkyl halides is 3. The van der Waals surface area contributed by atoms with Crippen molar-refractivity contribution in [3.8, 4) is 0 Å². The lowest BCUT2D eigenvalue weighted by Crippen LogP contribution is -2.53. The van der Waals surface area contributed by atoms with Crippen LogP contribution in [0.5, 0.6) is 0 Å². The number of carbonyl (C=O) groups excluding carboxylic acids is 1. The van der Waals surface area contributed by atoms with E-state index in [4.69, 9.17) is 0 Å². The number of anilines is 2. The Morgan fingerprint density at radius 2 is 1.80 bits per heavy atom. The number of hydrogen-bond acceptors (Lipinski definition) is 6. The molecule has 10 nitrogen and oxygen atoms in total. The van der Waals surface area contributed by atoms with Crippen LogP contribution < -0.4 is 9.62 Å². The van der Waals surface area contributed by atoms with Gasteiger partial charge in [-0.25, -0.2) is 9.00 Å². The monoisotopic (exact) mass is 596 g/mol. The van der Waals surface area contributed by atoms with Gasteiger partial charge in [0.25, 0.3) is 0 Å². The Kier molecular flexibility index (Phi) is 8.33. The number of benzene rings is 1. The second kappa shape index (κ2) is 11.6. The predicted octanol–water partition coefficient (Wildman–Crippen LogP) is 4.01. The molecular formula is C27H35F3N6O4S. The van der Waals surface area contributed by atoms with Gasteiger partial charge in [0.2, 0.25) is 0 Å². The first-order valence-electron chi connectivity index (χ1n) is 13.8. The molecule has 224 valence electrons. The number of halogens is 3. The fourth-order valence-electron chi connectivity index (χ4n) is 6.44. The second-order valence-electron chi connectivity index (χ2n) is 11.2. The smallest absolute Gasteiger partial charge is 0.416 e. The summed E-state index contributed by atoms with van der Waals surface area (Å²) in [6.07, 6.45) is 2.74. The van der Waals surface area contributed by atoms with Gasteiger partial charge in [0.15, 0.2) is 5.82 Å². The third kappa shape index (κ3) is 6.37. The number of carboxylic acids is 1. The lowest BCUT2D eigenvalue weighted by molar-refractivity contribution is -0.142. The van der Waals surface area contributed by atoms with E-state index in [1.54, 1.807) is 17.0 Å². The number of carboxylic acid groups (broad SMARTS) is 1. The minimum absolute atomic E-state index is 0.150. The van der Waals surface area contributed by atoms with Crippen molar-refractivity contribution in [1.29, 1.82) is 0 Å². The second-order valence-corrected chi connectivity index (χ2v) is 12.3. The molecule has 2 N–H and O–H groups in total. The average molecular weight is 597 g/mol. The summed E-state index contributed by atoms with van der Waals surface area (Å²) in [6, 6.07) is 5.25. The molecule has 3 aliphatic rings. The molecule has 3 aliphatic heterocycles. The van der Waals surface area contributed by atoms with E-state index in [-0.39, 0.29) is 11.6 Å². The predicted molar refractivity (Wildman–Crippen MR) is 148 cm³/mol. The molecule has 41 heavy (non-hydrogen) atoms. The Hall–Kier alpha value is -3.13. The van der Waals surface area contributed by atoms with Crippen molar-refractivity contribution in [2.45, 2.75) is 56.8 Å². The molecule has 1 aromatic heterocycles. The van der Waals surface area contributed by atoms with Gasteiger partial charge in [0, 0.05) is 62.5 Å². The molecule has 0 radical (unpaired) electrons. The van der Waals surface area contributed by atoms with Crippen molar-refractivity contribution in [1.82, 2.24) is 19.6 Å². The SMILES string of the molecule is CS(=O)Nc1ccn(C(=O)N2CCC3(CCCN3Cc3ccc(C(F)(F)F)cc3N3CCC(C(=O)O)CC3)CC2)n1. The summed E-state index contributed by atoms with van der Waals surface area (Å²) in [7, 11) is -1.30. The number of nitrogens with one attached hydrogen (secondary N) is 1. The first kappa shape index (κ1) is 29.4. The average Bonchev–Trinajstić information content (AvgIpc) is 3.55. The molecule has 0 saturated carbocycles. The third-order valence-corrected chi connectivity index (χ3v) is 9.19. The van der Waals surface area contributed by atoms with Gasteiger partial charge in [-0.2, -0.15) is 17.9 Å². The van der Waals surface area contributed by atoms with Gasteiger partial charge in [-0.1, -0.05) is 6.07 Å². The van der Waals surface area contributed by atoms with Gasteiger partial charge in [0.1, 0.15) is 11.0 Å². The molecule has 0 bridgehead atoms. The van der Waals surface area contributed by atoms with E-state index in [1.807, 2.05) is 4.90 Å². The van der Waals surface area contributed by atoms with E-state index >= 15 is 0 Å². The summed E-state index contributed by atoms with van der Waals surface area (Å²) in [5.74, 6) is -0.982. The quantitative estimate of drug-likeness (QED) is 0.519. The maximum absolute atomic E-state index is 13.6. The zero-order valence-electron chi connectivity index (χ0n) is 22.9. The Bertz CT molecular complexity index is 1300. The zero-order chi connectivity index (χ0) is 29.4. The molecule has 3 saturated heterocycles. The lowest BCUT2D eigenvalue weighted by Gasteiger charge is -2.45. The number of aromatic nitrogens is 2. The normalized spacial score (nSPS) is 20.9. The van der Waals surface area contributed by atoms with Crippen LogP contribution >= 0.6 is 0 Å². The van der Waals surface area contributed by atoms with Crippen LogP contribution in [0.1, 0.15) is 49.7 Å². The summed E-state index contributed by atoms with van der Waals surface area (Å²) < 4.78 is 56.2. The summed E-state index contributed by atoms with van der Waals surface area (Å²) >= 11 is 0. The highest BCUT2D eigenvalue weighted by atomic mass is 32.2. The van der Waals surface area contributed by atoms with Crippen LogP contribution in [0, 0.1) is 5.92 Å². The maximum atomic E-state index is 13.6. The molecule has 14 heteroatoms. The molecule has 4 heterocycles. The number of aliphatic carboxylic acids is 1. The van der Waals surface area contributed by atoms with Crippen LogP contribution in [0.4, 0.5) is 29.5 Å². The number of hydrogen-bond donors (Lipinski definition) is 2. The molecule has 2 aromatic rings. The molecule has 1 aromatic carbocycles. The minimum Gasteiger partial charge on any atom is -0.481 e. The molecule has 1 atom stereocenters. The standard InChI is InChI=1S/C27H35F3N6O4S/c1-41(40)32-23-7-14-36(31-23)25(39)34-15-9-26(10-16-34)8-2-11-35(26)18-20-3-4-21(27(28,29)30)17-22(20)33-12-5-19(6-13-33)24(37)38/h3-4,7,14,17,19H,2,5-6,8-13,15-16,18H2,1H3,(H,31,32)(H,37,38). The van der Waals surface area contributed by atoms with Crippen molar-refractivity contribution in [2.24, 2.45) is 5.92 Å². The molecule has 1 spiro atoms. The van der Waals surface area contributed by atoms with Crippen molar-refractivity contribution in [3.05, 3.63) is 41.6 Å². The van der Waals surface area contributed by atoms with E-state index in [0.29, 0.717) is 57.1 Å². The van der Waals surface area contributed by atoms with Crippen LogP contribution in [0.2, 0.25) is 0 Å². The number of likely N-dealkylation sites (tertiary alicyclic amines) is 2. The summed E-state index contributed by atoms with van der Waals surface area (Å²) in [4.78, 5) is 30.5. The Morgan fingerprint density at radius 1 is 1.10 bits per heavy atom. The number of rotatable bonds is 6. The van der Waals surface area contributed by atoms with Crippen molar-refractivity contribution in [3.63, 3.8) is 0 Å². The molecule has 5 rings (SSSR count). The van der Waals surface area contributed by atoms with Crippen LogP contribution in [-0.2, 0) is 28.5 Å². The third-order valence-electron chi connectivity index (χ3n) is 8.70. The molecule has 1 amide bonds. The minimum atomic E-state index is -4.47. The first-order valence-corrected chi connectivity index (χ1v) is 15.4. The van der Waals surface area contributed by atoms with E-state index < -0.39 is 34.6 Å². The Morgan fingerprint density at radius 3 is 2.44 bits per heavy atom. The number of piperidine rings is 2. The Balaban J connectivity index is 1.30. The highest BCUT2D eigenvalue weighted by Gasteiger charge is 2.44. The first-order chi connectivity index (χ1) is 19.4. The van der Waals surface area contributed by atoms with Gasteiger partial charge in [-0.3, -0.25) is 14.4 Å². The summed E-state index contributed by atoms with van der Waals surface area (Å²) in [5.41, 5.74) is 0.468. The number of nitrogens with zero attached hydrogens (tertiary/aromatic N) is 5. The number of amides is 1. The lowest BCUT2D eigenvalue weighted by atomic mass is 9.84. The van der Waals surface area contributed by atoms with E-state index in [1.165, 1.54) is 23.2 Å². The fraction of sp³-hybridized carbons (Fsp3) is 0.593. The van der Waals surface area contributed by atoms with Crippen molar-refractivity contribution < 1.29 is 32.1 Å². The molecular weight excluding hydrogens is 561 g/mol. The molecule has 1 unspecified atom stereocenters. The number of carbonyl (C=O) groups is 2. The van der Waals surface area contributed by atoms with Crippen LogP contribution in [-0.4, -0.2) is 85.4 Å². The molecule has 3 fully saturated rings. The van der Waals surface area contributed by atoms with E-state index in [2.05, 4.69) is 14.7 Å². The van der Waals surface area contributed by atoms with Crippen molar-refractivity contribution >= 4 is 34.5 Å². The van der Waals surface area contributed by atoms with Gasteiger partial charge in [0.05, 0.1) is 11.5 Å². The topological polar surface area (TPSA) is 111 Å². The maximum Gasteiger partial charge on any atom is 0.416 e. The van der Waals surface area contributed by atoms with Crippen LogP contribution in [0.25, 0.3) is 0 Å². The highest BCUT2D eigenvalue weighted by molar-refractivity contribution is 7.85. The van der Waals surface area contributed by atoms with Crippen LogP contribution in [0.15, 0.2) is 30.5 Å². The van der Waals surface area contributed by atoms with Gasteiger partial charge >= 0.3 is 18.2 Å². The van der Waals surface area contributed by atoms with Gasteiger partial charge in [-0.15, -0.1) is 5.10 Å². The van der Waals surface area contributed by atoms with Gasteiger partial charge < -0.3 is 14.9 Å².